The van der Waals surface area contributed by atoms with Gasteiger partial charge in [0.05, 0.1) is 18.2 Å². The Balaban J connectivity index is 0.00000141. The second-order valence-corrected chi connectivity index (χ2v) is 6.65. The van der Waals surface area contributed by atoms with Crippen molar-refractivity contribution in [2.24, 2.45) is 0 Å². The number of amides is 1. The van der Waals surface area contributed by atoms with Gasteiger partial charge in [0, 0.05) is 54.2 Å². The van der Waals surface area contributed by atoms with Crippen LogP contribution in [0.1, 0.15) is 47.3 Å². The highest BCUT2D eigenvalue weighted by Gasteiger charge is 2.10. The number of nitrogens with zero attached hydrogens (tertiary/aromatic N) is 4. The van der Waals surface area contributed by atoms with E-state index in [1.54, 1.807) is 37.2 Å². The molecule has 0 saturated heterocycles. The van der Waals surface area contributed by atoms with E-state index in [1.807, 2.05) is 55.1 Å². The zero-order chi connectivity index (χ0) is 22.6. The van der Waals surface area contributed by atoms with Crippen LogP contribution in [0.2, 0.25) is 0 Å². The third-order valence-corrected chi connectivity index (χ3v) is 4.55. The molecule has 32 heavy (non-hydrogen) atoms. The number of carbonyl (C=O) groups excluding carboxylic acids is 1. The second kappa shape index (κ2) is 11.9. The van der Waals surface area contributed by atoms with Gasteiger partial charge in [-0.1, -0.05) is 25.7 Å². The van der Waals surface area contributed by atoms with Gasteiger partial charge < -0.3 is 9.88 Å². The van der Waals surface area contributed by atoms with E-state index in [9.17, 15) is 4.79 Å². The van der Waals surface area contributed by atoms with E-state index in [4.69, 9.17) is 0 Å². The maximum Gasteiger partial charge on any atom is 0.251 e. The van der Waals surface area contributed by atoms with Crippen molar-refractivity contribution in [3.8, 4) is 17.5 Å². The van der Waals surface area contributed by atoms with Gasteiger partial charge in [-0.2, -0.15) is 5.10 Å². The third kappa shape index (κ3) is 6.16. The molecule has 0 spiro atoms. The summed E-state index contributed by atoms with van der Waals surface area (Å²) in [6.45, 7) is 4.59. The van der Waals surface area contributed by atoms with Gasteiger partial charge in [0.2, 0.25) is 0 Å². The minimum absolute atomic E-state index is 0.119. The average molecular weight is 427 g/mol. The molecule has 2 N–H and O–H groups in total. The van der Waals surface area contributed by atoms with E-state index in [-0.39, 0.29) is 5.91 Å². The standard InChI is InChI=1S/C23H20N6O.C2H6/c30-23(26-9-1-2-19-15-27-28-16-19)21-5-6-22(29-13-12-25-17-29)20(14-21)4-3-18-7-10-24-11-8-18;1-2/h5-8,10-17H,1-2,9H2,(H,26,30)(H,27,28);1-2H3. The normalized spacial score (nSPS) is 9.81. The number of aromatic nitrogens is 5. The minimum Gasteiger partial charge on any atom is -0.352 e. The van der Waals surface area contributed by atoms with Crippen molar-refractivity contribution in [1.29, 1.82) is 0 Å². The molecule has 7 heteroatoms. The number of rotatable bonds is 6. The number of carbonyl (C=O) groups is 1. The molecule has 0 aliphatic heterocycles. The molecule has 4 aromatic rings. The Labute approximate surface area is 187 Å². The Morgan fingerprint density at radius 3 is 2.66 bits per heavy atom. The van der Waals surface area contributed by atoms with Gasteiger partial charge in [0.15, 0.2) is 0 Å². The number of aromatic amines is 1. The van der Waals surface area contributed by atoms with E-state index in [0.29, 0.717) is 12.1 Å². The number of benzene rings is 1. The summed E-state index contributed by atoms with van der Waals surface area (Å²) in [7, 11) is 0. The van der Waals surface area contributed by atoms with Crippen LogP contribution >= 0.6 is 0 Å². The predicted octanol–water partition coefficient (Wildman–Crippen LogP) is 3.78. The van der Waals surface area contributed by atoms with E-state index < -0.39 is 0 Å². The molecule has 0 unspecified atom stereocenters. The fourth-order valence-electron chi connectivity index (χ4n) is 2.99. The van der Waals surface area contributed by atoms with E-state index >= 15 is 0 Å². The number of hydrogen-bond acceptors (Lipinski definition) is 4. The topological polar surface area (TPSA) is 88.5 Å². The summed E-state index contributed by atoms with van der Waals surface area (Å²) in [6.07, 6.45) is 14.0. The third-order valence-electron chi connectivity index (χ3n) is 4.55. The van der Waals surface area contributed by atoms with Crippen LogP contribution in [-0.2, 0) is 6.42 Å². The van der Waals surface area contributed by atoms with Crippen LogP contribution in [0.3, 0.4) is 0 Å². The molecule has 4 rings (SSSR count). The van der Waals surface area contributed by atoms with Crippen LogP contribution in [0, 0.1) is 11.8 Å². The number of nitrogens with one attached hydrogen (secondary N) is 2. The number of H-pyrrole nitrogens is 1. The first-order chi connectivity index (χ1) is 15.8. The van der Waals surface area contributed by atoms with Gasteiger partial charge >= 0.3 is 0 Å². The van der Waals surface area contributed by atoms with Crippen molar-refractivity contribution in [2.45, 2.75) is 26.7 Å². The molecule has 3 heterocycles. The van der Waals surface area contributed by atoms with Crippen molar-refractivity contribution in [3.63, 3.8) is 0 Å². The Hall–Kier alpha value is -4.18. The summed E-state index contributed by atoms with van der Waals surface area (Å²) in [6, 6.07) is 9.20. The van der Waals surface area contributed by atoms with Crippen molar-refractivity contribution < 1.29 is 4.79 Å². The summed E-state index contributed by atoms with van der Waals surface area (Å²) < 4.78 is 1.88. The van der Waals surface area contributed by atoms with Crippen LogP contribution in [0.4, 0.5) is 0 Å². The first-order valence-electron chi connectivity index (χ1n) is 10.6. The molecule has 3 aromatic heterocycles. The highest BCUT2D eigenvalue weighted by molar-refractivity contribution is 5.95. The molecular weight excluding hydrogens is 400 g/mol. The number of hydrogen-bond donors (Lipinski definition) is 2. The van der Waals surface area contributed by atoms with Crippen LogP contribution in [0.15, 0.2) is 73.8 Å². The Morgan fingerprint density at radius 2 is 1.94 bits per heavy atom. The van der Waals surface area contributed by atoms with Gasteiger partial charge in [-0.15, -0.1) is 0 Å². The number of imidazole rings is 1. The molecule has 0 aliphatic carbocycles. The van der Waals surface area contributed by atoms with Gasteiger partial charge in [-0.25, -0.2) is 4.98 Å². The highest BCUT2D eigenvalue weighted by Crippen LogP contribution is 2.16. The largest absolute Gasteiger partial charge is 0.352 e. The predicted molar refractivity (Wildman–Crippen MR) is 124 cm³/mol. The molecule has 0 saturated carbocycles. The lowest BCUT2D eigenvalue weighted by Crippen LogP contribution is -2.25. The monoisotopic (exact) mass is 426 g/mol. The number of pyridine rings is 1. The molecule has 0 radical (unpaired) electrons. The maximum atomic E-state index is 12.6. The lowest BCUT2D eigenvalue weighted by Gasteiger charge is -2.09. The van der Waals surface area contributed by atoms with E-state index in [0.717, 1.165) is 35.2 Å². The molecule has 0 aliphatic rings. The summed E-state index contributed by atoms with van der Waals surface area (Å²) in [4.78, 5) is 20.7. The Morgan fingerprint density at radius 1 is 1.09 bits per heavy atom. The molecule has 0 fully saturated rings. The molecule has 0 bridgehead atoms. The lowest BCUT2D eigenvalue weighted by atomic mass is 10.1. The molecule has 1 aromatic carbocycles. The summed E-state index contributed by atoms with van der Waals surface area (Å²) in [5.41, 5.74) is 4.17. The average Bonchev–Trinajstić information content (AvgIpc) is 3.57. The van der Waals surface area contributed by atoms with E-state index in [2.05, 4.69) is 37.3 Å². The van der Waals surface area contributed by atoms with Gasteiger partial charge in [0.1, 0.15) is 0 Å². The first kappa shape index (κ1) is 22.5. The van der Waals surface area contributed by atoms with E-state index in [1.165, 1.54) is 0 Å². The van der Waals surface area contributed by atoms with Crippen molar-refractivity contribution in [2.75, 3.05) is 6.54 Å². The fraction of sp³-hybridized carbons (Fsp3) is 0.200. The second-order valence-electron chi connectivity index (χ2n) is 6.65. The Bertz CT molecular complexity index is 1160. The molecule has 162 valence electrons. The van der Waals surface area contributed by atoms with Crippen molar-refractivity contribution in [3.05, 3.63) is 96.1 Å². The molecule has 1 amide bonds. The van der Waals surface area contributed by atoms with Gasteiger partial charge in [-0.3, -0.25) is 14.9 Å². The lowest BCUT2D eigenvalue weighted by molar-refractivity contribution is 0.0953. The molecular formula is C25H26N6O. The van der Waals surface area contributed by atoms with Gasteiger partial charge in [0.25, 0.3) is 5.91 Å². The zero-order valence-corrected chi connectivity index (χ0v) is 18.2. The quantitative estimate of drug-likeness (QED) is 0.363. The number of aryl methyl sites for hydroxylation is 1. The first-order valence-corrected chi connectivity index (χ1v) is 10.6. The SMILES string of the molecule is CC.O=C(NCCCc1cn[nH]c1)c1ccc(-n2ccnc2)c(C#Cc2ccncc2)c1. The molecule has 0 atom stereocenters. The summed E-state index contributed by atoms with van der Waals surface area (Å²) >= 11 is 0. The van der Waals surface area contributed by atoms with Crippen LogP contribution < -0.4 is 5.32 Å². The van der Waals surface area contributed by atoms with Crippen LogP contribution in [0.25, 0.3) is 5.69 Å². The highest BCUT2D eigenvalue weighted by atomic mass is 16.1. The minimum atomic E-state index is -0.119. The maximum absolute atomic E-state index is 12.6. The smallest absolute Gasteiger partial charge is 0.251 e. The van der Waals surface area contributed by atoms with Crippen molar-refractivity contribution in [1.82, 2.24) is 30.0 Å². The fourth-order valence-corrected chi connectivity index (χ4v) is 2.99. The van der Waals surface area contributed by atoms with Gasteiger partial charge in [-0.05, 0) is 48.7 Å². The Kier molecular flexibility index (Phi) is 8.34. The molecule has 7 nitrogen and oxygen atoms in total. The van der Waals surface area contributed by atoms with Crippen molar-refractivity contribution >= 4 is 5.91 Å². The van der Waals surface area contributed by atoms with Crippen LogP contribution in [-0.4, -0.2) is 37.2 Å². The van der Waals surface area contributed by atoms with Crippen LogP contribution in [0.5, 0.6) is 0 Å². The summed E-state index contributed by atoms with van der Waals surface area (Å²) in [5, 5.41) is 9.69. The zero-order valence-electron chi connectivity index (χ0n) is 18.2. The summed E-state index contributed by atoms with van der Waals surface area (Å²) in [5.74, 6) is 6.20.